The maximum absolute atomic E-state index is 5.84. The molecule has 0 bridgehead atoms. The van der Waals surface area contributed by atoms with Crippen molar-refractivity contribution in [2.45, 2.75) is 32.7 Å². The molecule has 0 radical (unpaired) electrons. The van der Waals surface area contributed by atoms with Gasteiger partial charge >= 0.3 is 0 Å². The maximum atomic E-state index is 5.84. The monoisotopic (exact) mass is 301 g/mol. The van der Waals surface area contributed by atoms with E-state index in [1.165, 1.54) is 5.56 Å². The summed E-state index contributed by atoms with van der Waals surface area (Å²) in [6, 6.07) is 8.34. The smallest absolute Gasteiger partial charge is 0.230 e. The van der Waals surface area contributed by atoms with Crippen LogP contribution in [0.15, 0.2) is 28.7 Å². The Morgan fingerprint density at radius 3 is 2.86 bits per heavy atom. The minimum Gasteiger partial charge on any atom is -0.493 e. The highest BCUT2D eigenvalue weighted by Crippen LogP contribution is 2.27. The first-order valence-corrected chi connectivity index (χ1v) is 7.95. The zero-order chi connectivity index (χ0) is 15.4. The lowest BCUT2D eigenvalue weighted by Gasteiger charge is -2.21. The maximum Gasteiger partial charge on any atom is 0.230 e. The van der Waals surface area contributed by atoms with Crippen LogP contribution in [0.1, 0.15) is 30.7 Å². The predicted octanol–water partition coefficient (Wildman–Crippen LogP) is 2.71. The third-order valence-electron chi connectivity index (χ3n) is 4.05. The summed E-state index contributed by atoms with van der Waals surface area (Å²) >= 11 is 0. The number of hydrogen-bond donors (Lipinski definition) is 0. The van der Waals surface area contributed by atoms with Crippen LogP contribution in [0.5, 0.6) is 5.75 Å². The van der Waals surface area contributed by atoms with Crippen LogP contribution in [0.3, 0.4) is 0 Å². The molecule has 0 aliphatic carbocycles. The number of rotatable bonds is 5. The normalized spacial score (nSPS) is 17.9. The molecule has 0 saturated carbocycles. The Balaban J connectivity index is 1.58. The van der Waals surface area contributed by atoms with Crippen LogP contribution in [-0.4, -0.2) is 35.3 Å². The van der Waals surface area contributed by atoms with Gasteiger partial charge in [-0.25, -0.2) is 0 Å². The van der Waals surface area contributed by atoms with E-state index in [4.69, 9.17) is 9.15 Å². The highest BCUT2D eigenvalue weighted by Gasteiger charge is 2.19. The molecule has 0 fully saturated rings. The molecule has 0 unspecified atom stereocenters. The van der Waals surface area contributed by atoms with Crippen LogP contribution in [0, 0.1) is 5.92 Å². The number of para-hydroxylation sites is 1. The molecule has 2 aromatic rings. The molecular weight excluding hydrogens is 278 g/mol. The molecule has 1 atom stereocenters. The van der Waals surface area contributed by atoms with E-state index in [-0.39, 0.29) is 0 Å². The van der Waals surface area contributed by atoms with Gasteiger partial charge in [-0.2, -0.15) is 0 Å². The number of ether oxygens (including phenoxy) is 1. The highest BCUT2D eigenvalue weighted by molar-refractivity contribution is 5.34. The topological polar surface area (TPSA) is 51.4 Å². The lowest BCUT2D eigenvalue weighted by atomic mass is 9.96. The second-order valence-corrected chi connectivity index (χ2v) is 5.95. The van der Waals surface area contributed by atoms with Gasteiger partial charge in [-0.15, -0.1) is 10.2 Å². The second kappa shape index (κ2) is 6.92. The van der Waals surface area contributed by atoms with Crippen molar-refractivity contribution in [2.24, 2.45) is 5.92 Å². The zero-order valence-electron chi connectivity index (χ0n) is 13.3. The number of fused-ring (bicyclic) bond motifs is 1. The second-order valence-electron chi connectivity index (χ2n) is 5.95. The van der Waals surface area contributed by atoms with Crippen molar-refractivity contribution in [3.63, 3.8) is 0 Å². The SMILES string of the molecule is CCc1nnc(CN(C)C[C@@H]2CCOc3ccccc3C2)o1. The third kappa shape index (κ3) is 3.65. The third-order valence-corrected chi connectivity index (χ3v) is 4.05. The van der Waals surface area contributed by atoms with E-state index in [0.29, 0.717) is 24.2 Å². The molecule has 5 heteroatoms. The summed E-state index contributed by atoms with van der Waals surface area (Å²) in [6.45, 7) is 4.51. The average molecular weight is 301 g/mol. The van der Waals surface area contributed by atoms with E-state index in [1.54, 1.807) is 0 Å². The van der Waals surface area contributed by atoms with Crippen LogP contribution in [0.2, 0.25) is 0 Å². The largest absolute Gasteiger partial charge is 0.493 e. The molecule has 118 valence electrons. The molecule has 0 saturated heterocycles. The van der Waals surface area contributed by atoms with Crippen molar-refractivity contribution in [3.05, 3.63) is 41.6 Å². The Morgan fingerprint density at radius 2 is 2.05 bits per heavy atom. The highest BCUT2D eigenvalue weighted by atomic mass is 16.5. The number of aromatic nitrogens is 2. The molecule has 2 heterocycles. The number of nitrogens with zero attached hydrogens (tertiary/aromatic N) is 3. The standard InChI is InChI=1S/C17H23N3O2/c1-3-16-18-19-17(22-16)12-20(2)11-13-8-9-21-15-7-5-4-6-14(15)10-13/h4-7,13H,3,8-12H2,1-2H3/t13-/m1/s1. The molecule has 1 aromatic carbocycles. The molecule has 3 rings (SSSR count). The fraction of sp³-hybridized carbons (Fsp3) is 0.529. The Kier molecular flexibility index (Phi) is 4.73. The van der Waals surface area contributed by atoms with E-state index in [2.05, 4.69) is 40.3 Å². The van der Waals surface area contributed by atoms with E-state index in [1.807, 2.05) is 13.0 Å². The van der Waals surface area contributed by atoms with Gasteiger partial charge in [0.15, 0.2) is 0 Å². The summed E-state index contributed by atoms with van der Waals surface area (Å²) in [7, 11) is 2.10. The van der Waals surface area contributed by atoms with Gasteiger partial charge in [0.2, 0.25) is 11.8 Å². The van der Waals surface area contributed by atoms with E-state index in [0.717, 1.165) is 38.2 Å². The molecule has 5 nitrogen and oxygen atoms in total. The van der Waals surface area contributed by atoms with Crippen LogP contribution in [-0.2, 0) is 19.4 Å². The van der Waals surface area contributed by atoms with Gasteiger partial charge in [0, 0.05) is 13.0 Å². The van der Waals surface area contributed by atoms with E-state index >= 15 is 0 Å². The summed E-state index contributed by atoms with van der Waals surface area (Å²) in [4.78, 5) is 2.26. The number of hydrogen-bond acceptors (Lipinski definition) is 5. The van der Waals surface area contributed by atoms with Gasteiger partial charge in [0.1, 0.15) is 5.75 Å². The van der Waals surface area contributed by atoms with Crippen molar-refractivity contribution >= 4 is 0 Å². The fourth-order valence-electron chi connectivity index (χ4n) is 2.95. The van der Waals surface area contributed by atoms with Gasteiger partial charge < -0.3 is 9.15 Å². The summed E-state index contributed by atoms with van der Waals surface area (Å²) in [5.41, 5.74) is 1.31. The Bertz CT molecular complexity index is 611. The Labute approximate surface area is 131 Å². The van der Waals surface area contributed by atoms with Gasteiger partial charge in [-0.3, -0.25) is 4.90 Å². The molecule has 1 aliphatic rings. The predicted molar refractivity (Wildman–Crippen MR) is 83.8 cm³/mol. The lowest BCUT2D eigenvalue weighted by Crippen LogP contribution is -2.27. The molecule has 0 N–H and O–H groups in total. The summed E-state index contributed by atoms with van der Waals surface area (Å²) in [5.74, 6) is 3.03. The van der Waals surface area contributed by atoms with Crippen LogP contribution >= 0.6 is 0 Å². The van der Waals surface area contributed by atoms with Crippen LogP contribution in [0.25, 0.3) is 0 Å². The fourth-order valence-corrected chi connectivity index (χ4v) is 2.95. The Hall–Kier alpha value is -1.88. The van der Waals surface area contributed by atoms with E-state index < -0.39 is 0 Å². The van der Waals surface area contributed by atoms with Crippen molar-refractivity contribution < 1.29 is 9.15 Å². The first-order chi connectivity index (χ1) is 10.7. The first-order valence-electron chi connectivity index (χ1n) is 7.95. The molecular formula is C17H23N3O2. The van der Waals surface area contributed by atoms with E-state index in [9.17, 15) is 0 Å². The first kappa shape index (κ1) is 15.0. The summed E-state index contributed by atoms with van der Waals surface area (Å²) in [5, 5.41) is 8.11. The Morgan fingerprint density at radius 1 is 1.23 bits per heavy atom. The van der Waals surface area contributed by atoms with Crippen molar-refractivity contribution in [3.8, 4) is 5.75 Å². The van der Waals surface area contributed by atoms with Gasteiger partial charge in [0.05, 0.1) is 13.2 Å². The average Bonchev–Trinajstić information content (AvgIpc) is 2.86. The lowest BCUT2D eigenvalue weighted by molar-refractivity contribution is 0.220. The molecule has 0 spiro atoms. The van der Waals surface area contributed by atoms with Crippen LogP contribution < -0.4 is 4.74 Å². The summed E-state index contributed by atoms with van der Waals surface area (Å²) < 4.78 is 11.4. The minimum absolute atomic E-state index is 0.585. The quantitative estimate of drug-likeness (QED) is 0.850. The molecule has 0 amide bonds. The van der Waals surface area contributed by atoms with Crippen LogP contribution in [0.4, 0.5) is 0 Å². The van der Waals surface area contributed by atoms with Gasteiger partial charge in [-0.05, 0) is 37.4 Å². The van der Waals surface area contributed by atoms with Gasteiger partial charge in [-0.1, -0.05) is 25.1 Å². The van der Waals surface area contributed by atoms with Crippen molar-refractivity contribution in [1.29, 1.82) is 0 Å². The zero-order valence-corrected chi connectivity index (χ0v) is 13.3. The molecule has 1 aliphatic heterocycles. The summed E-state index contributed by atoms with van der Waals surface area (Å²) in [6.07, 6.45) is 2.92. The van der Waals surface area contributed by atoms with Crippen molar-refractivity contribution in [2.75, 3.05) is 20.2 Å². The number of benzene rings is 1. The van der Waals surface area contributed by atoms with Gasteiger partial charge in [0.25, 0.3) is 0 Å². The molecule has 22 heavy (non-hydrogen) atoms. The van der Waals surface area contributed by atoms with Crippen molar-refractivity contribution in [1.82, 2.24) is 15.1 Å². The molecule has 1 aromatic heterocycles. The minimum atomic E-state index is 0.585. The number of aryl methyl sites for hydroxylation is 1.